The van der Waals surface area contributed by atoms with Gasteiger partial charge in [0.05, 0.1) is 7.11 Å². The molecule has 0 atom stereocenters. The minimum Gasteiger partial charge on any atom is -0.497 e. The summed E-state index contributed by atoms with van der Waals surface area (Å²) >= 11 is 0. The molecule has 3 nitrogen and oxygen atoms in total. The lowest BCUT2D eigenvalue weighted by atomic mass is 10.0. The van der Waals surface area contributed by atoms with Crippen molar-refractivity contribution < 1.29 is 13.9 Å². The van der Waals surface area contributed by atoms with Crippen LogP contribution in [0.3, 0.4) is 0 Å². The molecule has 3 aromatic rings. The number of halogens is 1. The Hall–Kier alpha value is -2.62. The first-order valence-corrected chi connectivity index (χ1v) is 6.14. The Balaban J connectivity index is 2.08. The number of ether oxygens (including phenoxy) is 1. The predicted octanol–water partition coefficient (Wildman–Crippen LogP) is 3.55. The number of carbonyl (C=O) groups excluding carboxylic acids is 1. The average molecular weight is 269 g/mol. The monoisotopic (exact) mass is 269 g/mol. The minimum absolute atomic E-state index is 0.123. The van der Waals surface area contributed by atoms with Gasteiger partial charge in [0.2, 0.25) is 0 Å². The zero-order valence-corrected chi connectivity index (χ0v) is 10.8. The van der Waals surface area contributed by atoms with E-state index in [0.29, 0.717) is 27.8 Å². The number of carbonyl (C=O) groups is 1. The Kier molecular flexibility index (Phi) is 2.99. The summed E-state index contributed by atoms with van der Waals surface area (Å²) in [6, 6.07) is 11.3. The molecular formula is C16H12FNO2. The van der Waals surface area contributed by atoms with Gasteiger partial charge in [-0.2, -0.15) is 0 Å². The number of nitrogens with one attached hydrogen (secondary N) is 1. The second-order valence-corrected chi connectivity index (χ2v) is 4.45. The van der Waals surface area contributed by atoms with Crippen LogP contribution in [0.4, 0.5) is 4.39 Å². The first-order valence-electron chi connectivity index (χ1n) is 6.14. The van der Waals surface area contributed by atoms with Gasteiger partial charge < -0.3 is 9.72 Å². The molecule has 0 spiro atoms. The maximum absolute atomic E-state index is 13.1. The predicted molar refractivity (Wildman–Crippen MR) is 74.7 cm³/mol. The van der Waals surface area contributed by atoms with Gasteiger partial charge in [0.1, 0.15) is 11.6 Å². The molecule has 0 aliphatic carbocycles. The lowest BCUT2D eigenvalue weighted by molar-refractivity contribution is 0.104. The summed E-state index contributed by atoms with van der Waals surface area (Å²) < 4.78 is 18.3. The van der Waals surface area contributed by atoms with Gasteiger partial charge in [-0.25, -0.2) is 4.39 Å². The molecule has 1 heterocycles. The fourth-order valence-corrected chi connectivity index (χ4v) is 2.21. The van der Waals surface area contributed by atoms with Gasteiger partial charge in [-0.15, -0.1) is 0 Å². The third kappa shape index (κ3) is 2.05. The summed E-state index contributed by atoms with van der Waals surface area (Å²) in [5, 5.41) is 0.708. The summed E-state index contributed by atoms with van der Waals surface area (Å²) in [7, 11) is 1.55. The zero-order valence-electron chi connectivity index (χ0n) is 10.8. The molecule has 0 saturated heterocycles. The van der Waals surface area contributed by atoms with Crippen molar-refractivity contribution >= 4 is 16.7 Å². The number of methoxy groups -OCH3 is 1. The molecule has 0 aliphatic heterocycles. The fraction of sp³-hybridized carbons (Fsp3) is 0.0625. The van der Waals surface area contributed by atoms with Crippen molar-refractivity contribution in [3.63, 3.8) is 0 Å². The smallest absolute Gasteiger partial charge is 0.195 e. The van der Waals surface area contributed by atoms with Crippen LogP contribution in [0.2, 0.25) is 0 Å². The summed E-state index contributed by atoms with van der Waals surface area (Å²) in [4.78, 5) is 15.4. The number of fused-ring (bicyclic) bond motifs is 1. The van der Waals surface area contributed by atoms with E-state index in [4.69, 9.17) is 4.74 Å². The van der Waals surface area contributed by atoms with Crippen LogP contribution in [0.5, 0.6) is 5.75 Å². The van der Waals surface area contributed by atoms with Crippen molar-refractivity contribution in [3.8, 4) is 5.75 Å². The Labute approximate surface area is 115 Å². The molecule has 3 rings (SSSR count). The Morgan fingerprint density at radius 3 is 2.85 bits per heavy atom. The molecule has 0 saturated carbocycles. The second-order valence-electron chi connectivity index (χ2n) is 4.45. The summed E-state index contributed by atoms with van der Waals surface area (Å²) in [5.41, 5.74) is 1.67. The maximum atomic E-state index is 13.1. The first kappa shape index (κ1) is 12.4. The van der Waals surface area contributed by atoms with E-state index in [1.54, 1.807) is 43.6 Å². The van der Waals surface area contributed by atoms with E-state index in [-0.39, 0.29) is 11.6 Å². The van der Waals surface area contributed by atoms with Crippen molar-refractivity contribution in [2.24, 2.45) is 0 Å². The van der Waals surface area contributed by atoms with Crippen LogP contribution in [-0.4, -0.2) is 17.9 Å². The molecule has 4 heteroatoms. The number of ketones is 1. The van der Waals surface area contributed by atoms with Gasteiger partial charge in [-0.3, -0.25) is 4.79 Å². The van der Waals surface area contributed by atoms with Crippen molar-refractivity contribution in [2.45, 2.75) is 0 Å². The highest BCUT2D eigenvalue weighted by molar-refractivity contribution is 6.16. The molecule has 20 heavy (non-hydrogen) atoms. The van der Waals surface area contributed by atoms with E-state index in [2.05, 4.69) is 4.98 Å². The average Bonchev–Trinajstić information content (AvgIpc) is 2.89. The number of H-pyrrole nitrogens is 1. The summed E-state index contributed by atoms with van der Waals surface area (Å²) in [6.45, 7) is 0. The molecule has 0 unspecified atom stereocenters. The van der Waals surface area contributed by atoms with Crippen molar-refractivity contribution in [1.29, 1.82) is 0 Å². The van der Waals surface area contributed by atoms with Crippen molar-refractivity contribution in [3.05, 3.63) is 65.6 Å². The van der Waals surface area contributed by atoms with E-state index in [1.807, 2.05) is 0 Å². The lowest BCUT2D eigenvalue weighted by Crippen LogP contribution is -2.00. The number of hydrogen-bond acceptors (Lipinski definition) is 2. The largest absolute Gasteiger partial charge is 0.497 e. The van der Waals surface area contributed by atoms with E-state index in [9.17, 15) is 9.18 Å². The van der Waals surface area contributed by atoms with Gasteiger partial charge in [0.15, 0.2) is 5.78 Å². The highest BCUT2D eigenvalue weighted by Crippen LogP contribution is 2.23. The first-order chi connectivity index (χ1) is 9.69. The number of benzene rings is 2. The van der Waals surface area contributed by atoms with E-state index in [1.165, 1.54) is 12.1 Å². The normalized spacial score (nSPS) is 10.7. The van der Waals surface area contributed by atoms with Crippen LogP contribution in [0.1, 0.15) is 15.9 Å². The molecule has 0 fully saturated rings. The molecule has 0 radical (unpaired) electrons. The molecule has 1 aromatic heterocycles. The molecule has 100 valence electrons. The third-order valence-electron chi connectivity index (χ3n) is 3.22. The molecule has 1 N–H and O–H groups in total. The van der Waals surface area contributed by atoms with Gasteiger partial charge in [0, 0.05) is 28.2 Å². The number of rotatable bonds is 3. The Bertz CT molecular complexity index is 792. The highest BCUT2D eigenvalue weighted by Gasteiger charge is 2.15. The van der Waals surface area contributed by atoms with Crippen LogP contribution < -0.4 is 4.74 Å². The van der Waals surface area contributed by atoms with E-state index < -0.39 is 0 Å². The van der Waals surface area contributed by atoms with Crippen LogP contribution in [0.15, 0.2) is 48.7 Å². The number of hydrogen-bond donors (Lipinski definition) is 1. The number of aromatic amines is 1. The zero-order chi connectivity index (χ0) is 14.1. The Morgan fingerprint density at radius 1 is 1.20 bits per heavy atom. The second kappa shape index (κ2) is 4.81. The van der Waals surface area contributed by atoms with Crippen LogP contribution in [-0.2, 0) is 0 Å². The third-order valence-corrected chi connectivity index (χ3v) is 3.22. The van der Waals surface area contributed by atoms with E-state index in [0.717, 1.165) is 0 Å². The standard InChI is InChI=1S/C16H12FNO2/c1-20-12-4-2-3-10(7-12)16(19)14-9-18-15-8-11(17)5-6-13(14)15/h2-9,18H,1H3. The molecule has 0 amide bonds. The quantitative estimate of drug-likeness (QED) is 0.739. The van der Waals surface area contributed by atoms with Gasteiger partial charge in [0.25, 0.3) is 0 Å². The number of aromatic nitrogens is 1. The molecule has 0 bridgehead atoms. The van der Waals surface area contributed by atoms with Crippen LogP contribution in [0.25, 0.3) is 10.9 Å². The molecular weight excluding hydrogens is 257 g/mol. The molecule has 0 aliphatic rings. The maximum Gasteiger partial charge on any atom is 0.195 e. The van der Waals surface area contributed by atoms with Crippen molar-refractivity contribution in [2.75, 3.05) is 7.11 Å². The summed E-state index contributed by atoms with van der Waals surface area (Å²) in [6.07, 6.45) is 1.60. The van der Waals surface area contributed by atoms with Gasteiger partial charge in [-0.1, -0.05) is 12.1 Å². The Morgan fingerprint density at radius 2 is 2.05 bits per heavy atom. The van der Waals surface area contributed by atoms with Crippen LogP contribution >= 0.6 is 0 Å². The van der Waals surface area contributed by atoms with Crippen molar-refractivity contribution in [1.82, 2.24) is 4.98 Å². The minimum atomic E-state index is -0.334. The fourth-order valence-electron chi connectivity index (χ4n) is 2.21. The van der Waals surface area contributed by atoms with Crippen LogP contribution in [0, 0.1) is 5.82 Å². The topological polar surface area (TPSA) is 42.1 Å². The lowest BCUT2D eigenvalue weighted by Gasteiger charge is -2.03. The SMILES string of the molecule is COc1cccc(C(=O)c2c[nH]c3cc(F)ccc23)c1. The molecule has 2 aromatic carbocycles. The highest BCUT2D eigenvalue weighted by atomic mass is 19.1. The van der Waals surface area contributed by atoms with Gasteiger partial charge in [-0.05, 0) is 30.3 Å². The van der Waals surface area contributed by atoms with E-state index >= 15 is 0 Å². The summed E-state index contributed by atoms with van der Waals surface area (Å²) in [5.74, 6) is 0.170. The van der Waals surface area contributed by atoms with Gasteiger partial charge >= 0.3 is 0 Å².